The Bertz CT molecular complexity index is 472. The summed E-state index contributed by atoms with van der Waals surface area (Å²) in [7, 11) is 0. The minimum Gasteiger partial charge on any atom is -0.428 e. The second kappa shape index (κ2) is 4.33. The summed E-state index contributed by atoms with van der Waals surface area (Å²) in [6, 6.07) is 7.87. The maximum absolute atomic E-state index is 10.8. The van der Waals surface area contributed by atoms with E-state index in [1.807, 2.05) is 37.3 Å². The van der Waals surface area contributed by atoms with Gasteiger partial charge in [0.25, 0.3) is 0 Å². The first-order valence-corrected chi connectivity index (χ1v) is 5.01. The van der Waals surface area contributed by atoms with Crippen LogP contribution in [0.4, 0.5) is 0 Å². The lowest BCUT2D eigenvalue weighted by Crippen LogP contribution is -2.08. The van der Waals surface area contributed by atoms with Crippen LogP contribution in [-0.4, -0.2) is 17.4 Å². The van der Waals surface area contributed by atoms with Gasteiger partial charge in [0.05, 0.1) is 0 Å². The molecule has 1 unspecified atom stereocenters. The average Bonchev–Trinajstić information content (AvgIpc) is 2.56. The van der Waals surface area contributed by atoms with E-state index in [1.54, 1.807) is 6.08 Å². The van der Waals surface area contributed by atoms with Crippen LogP contribution in [0.1, 0.15) is 11.1 Å². The number of rotatable bonds is 2. The summed E-state index contributed by atoms with van der Waals surface area (Å²) in [6.45, 7) is 2.00. The largest absolute Gasteiger partial charge is 0.428 e. The topological polar surface area (TPSA) is 46.5 Å². The van der Waals surface area contributed by atoms with Crippen molar-refractivity contribution >= 4 is 12.0 Å². The van der Waals surface area contributed by atoms with Crippen molar-refractivity contribution in [3.63, 3.8) is 0 Å². The fraction of sp³-hybridized carbons (Fsp3) is 0.154. The summed E-state index contributed by atoms with van der Waals surface area (Å²) in [5.74, 6) is -0.503. The predicted molar refractivity (Wildman–Crippen MR) is 60.4 cm³/mol. The van der Waals surface area contributed by atoms with Crippen LogP contribution in [0.2, 0.25) is 0 Å². The summed E-state index contributed by atoms with van der Waals surface area (Å²) in [6.07, 6.45) is 3.71. The monoisotopic (exact) mass is 216 g/mol. The van der Waals surface area contributed by atoms with E-state index in [0.29, 0.717) is 5.57 Å². The van der Waals surface area contributed by atoms with Crippen LogP contribution in [0, 0.1) is 6.92 Å². The number of esters is 1. The highest BCUT2D eigenvalue weighted by atomic mass is 16.6. The quantitative estimate of drug-likeness (QED) is 0.767. The Morgan fingerprint density at radius 1 is 1.31 bits per heavy atom. The molecule has 0 aliphatic carbocycles. The Kier molecular flexibility index (Phi) is 2.88. The molecule has 0 spiro atoms. The molecule has 1 N–H and O–H groups in total. The number of cyclic esters (lactones) is 1. The van der Waals surface area contributed by atoms with Crippen molar-refractivity contribution in [3.05, 3.63) is 53.1 Å². The highest BCUT2D eigenvalue weighted by Gasteiger charge is 2.21. The van der Waals surface area contributed by atoms with Gasteiger partial charge >= 0.3 is 5.97 Å². The van der Waals surface area contributed by atoms with Crippen LogP contribution < -0.4 is 0 Å². The molecular weight excluding hydrogens is 204 g/mol. The fourth-order valence-electron chi connectivity index (χ4n) is 1.51. The van der Waals surface area contributed by atoms with Crippen molar-refractivity contribution in [2.45, 2.75) is 13.2 Å². The number of benzene rings is 1. The molecule has 1 aliphatic rings. The van der Waals surface area contributed by atoms with Gasteiger partial charge in [-0.25, -0.2) is 4.79 Å². The lowest BCUT2D eigenvalue weighted by atomic mass is 10.1. The molecule has 1 aromatic rings. The highest BCUT2D eigenvalue weighted by Crippen LogP contribution is 2.17. The van der Waals surface area contributed by atoms with Crippen molar-refractivity contribution < 1.29 is 14.6 Å². The molecule has 3 nitrogen and oxygen atoms in total. The Morgan fingerprint density at radius 3 is 2.69 bits per heavy atom. The number of aliphatic hydroxyl groups excluding tert-OH is 1. The van der Waals surface area contributed by atoms with E-state index in [4.69, 9.17) is 0 Å². The SMILES string of the molecule is Cc1ccccc1/C=C/C1=CC(=O)OC1O. The molecule has 0 saturated heterocycles. The third-order valence-corrected chi connectivity index (χ3v) is 2.44. The summed E-state index contributed by atoms with van der Waals surface area (Å²) >= 11 is 0. The lowest BCUT2D eigenvalue weighted by Gasteiger charge is -2.03. The van der Waals surface area contributed by atoms with Crippen molar-refractivity contribution in [1.82, 2.24) is 0 Å². The maximum atomic E-state index is 10.8. The second-order valence-corrected chi connectivity index (χ2v) is 3.62. The van der Waals surface area contributed by atoms with Gasteiger partial charge in [0, 0.05) is 11.6 Å². The van der Waals surface area contributed by atoms with Gasteiger partial charge in [-0.3, -0.25) is 0 Å². The molecule has 0 saturated carbocycles. The number of hydrogen-bond donors (Lipinski definition) is 1. The molecule has 1 aromatic carbocycles. The van der Waals surface area contributed by atoms with Crippen molar-refractivity contribution in [2.24, 2.45) is 0 Å². The van der Waals surface area contributed by atoms with Gasteiger partial charge < -0.3 is 9.84 Å². The van der Waals surface area contributed by atoms with E-state index in [9.17, 15) is 9.90 Å². The van der Waals surface area contributed by atoms with Gasteiger partial charge in [-0.2, -0.15) is 0 Å². The molecule has 1 heterocycles. The Labute approximate surface area is 93.7 Å². The summed E-state index contributed by atoms with van der Waals surface area (Å²) in [5.41, 5.74) is 2.67. The Hall–Kier alpha value is -1.87. The summed E-state index contributed by atoms with van der Waals surface area (Å²) in [5, 5.41) is 9.34. The van der Waals surface area contributed by atoms with E-state index in [2.05, 4.69) is 4.74 Å². The lowest BCUT2D eigenvalue weighted by molar-refractivity contribution is -0.150. The van der Waals surface area contributed by atoms with Crippen LogP contribution in [0.3, 0.4) is 0 Å². The van der Waals surface area contributed by atoms with Gasteiger partial charge in [-0.15, -0.1) is 0 Å². The van der Waals surface area contributed by atoms with E-state index >= 15 is 0 Å². The molecule has 0 amide bonds. The third-order valence-electron chi connectivity index (χ3n) is 2.44. The molecule has 0 fully saturated rings. The maximum Gasteiger partial charge on any atom is 0.333 e. The first-order chi connectivity index (χ1) is 7.66. The molecule has 3 heteroatoms. The fourth-order valence-corrected chi connectivity index (χ4v) is 1.51. The molecule has 1 aliphatic heterocycles. The van der Waals surface area contributed by atoms with Crippen molar-refractivity contribution in [2.75, 3.05) is 0 Å². The van der Waals surface area contributed by atoms with Crippen LogP contribution in [0.25, 0.3) is 6.08 Å². The number of aryl methyl sites for hydroxylation is 1. The zero-order valence-electron chi connectivity index (χ0n) is 8.88. The number of carbonyl (C=O) groups excluding carboxylic acids is 1. The Morgan fingerprint density at radius 2 is 2.06 bits per heavy atom. The molecule has 16 heavy (non-hydrogen) atoms. The number of aliphatic hydroxyl groups is 1. The third kappa shape index (κ3) is 2.20. The minimum atomic E-state index is -1.13. The van der Waals surface area contributed by atoms with Gasteiger partial charge in [-0.05, 0) is 18.1 Å². The standard InChI is InChI=1S/C13H12O3/c1-9-4-2-3-5-10(9)6-7-11-8-12(14)16-13(11)15/h2-8,13,15H,1H3/b7-6+. The molecule has 0 aromatic heterocycles. The Balaban J connectivity index is 2.19. The zero-order valence-corrected chi connectivity index (χ0v) is 8.88. The average molecular weight is 216 g/mol. The molecule has 2 rings (SSSR count). The molecular formula is C13H12O3. The zero-order chi connectivity index (χ0) is 11.5. The molecule has 0 bridgehead atoms. The van der Waals surface area contributed by atoms with E-state index in [0.717, 1.165) is 11.1 Å². The van der Waals surface area contributed by atoms with E-state index in [1.165, 1.54) is 6.08 Å². The van der Waals surface area contributed by atoms with Crippen LogP contribution in [0.15, 0.2) is 42.0 Å². The van der Waals surface area contributed by atoms with Crippen LogP contribution >= 0.6 is 0 Å². The normalized spacial score (nSPS) is 20.0. The van der Waals surface area contributed by atoms with Gasteiger partial charge in [0.15, 0.2) is 0 Å². The second-order valence-electron chi connectivity index (χ2n) is 3.62. The summed E-state index contributed by atoms with van der Waals surface area (Å²) < 4.78 is 4.57. The summed E-state index contributed by atoms with van der Waals surface area (Å²) in [4.78, 5) is 10.8. The minimum absolute atomic E-state index is 0.480. The first-order valence-electron chi connectivity index (χ1n) is 5.01. The molecule has 1 atom stereocenters. The first kappa shape index (κ1) is 10.6. The van der Waals surface area contributed by atoms with Crippen molar-refractivity contribution in [3.8, 4) is 0 Å². The molecule has 0 radical (unpaired) electrons. The van der Waals surface area contributed by atoms with E-state index < -0.39 is 12.3 Å². The predicted octanol–water partition coefficient (Wildman–Crippen LogP) is 1.81. The van der Waals surface area contributed by atoms with Gasteiger partial charge in [0.1, 0.15) is 0 Å². The van der Waals surface area contributed by atoms with Gasteiger partial charge in [-0.1, -0.05) is 36.4 Å². The van der Waals surface area contributed by atoms with Crippen molar-refractivity contribution in [1.29, 1.82) is 0 Å². The highest BCUT2D eigenvalue weighted by molar-refractivity contribution is 5.86. The number of ether oxygens (including phenoxy) is 1. The number of hydrogen-bond acceptors (Lipinski definition) is 3. The molecule has 82 valence electrons. The smallest absolute Gasteiger partial charge is 0.333 e. The van der Waals surface area contributed by atoms with Crippen LogP contribution in [-0.2, 0) is 9.53 Å². The number of carbonyl (C=O) groups is 1. The van der Waals surface area contributed by atoms with Gasteiger partial charge in [0.2, 0.25) is 6.29 Å². The van der Waals surface area contributed by atoms with E-state index in [-0.39, 0.29) is 0 Å². The van der Waals surface area contributed by atoms with Crippen LogP contribution in [0.5, 0.6) is 0 Å².